The number of fused-ring (bicyclic) bond motifs is 1. The number of carbonyl (C=O) groups is 3. The van der Waals surface area contributed by atoms with E-state index in [0.717, 1.165) is 16.7 Å². The quantitative estimate of drug-likeness (QED) is 0.191. The number of carbonyl (C=O) groups excluding carboxylic acids is 1. The Balaban J connectivity index is 1.30. The Kier molecular flexibility index (Phi) is 8.56. The van der Waals surface area contributed by atoms with Crippen LogP contribution in [-0.4, -0.2) is 45.9 Å². The van der Waals surface area contributed by atoms with Crippen molar-refractivity contribution in [3.63, 3.8) is 0 Å². The van der Waals surface area contributed by atoms with Gasteiger partial charge in [0.25, 0.3) is 0 Å². The van der Waals surface area contributed by atoms with E-state index in [0.29, 0.717) is 29.0 Å². The van der Waals surface area contributed by atoms with Gasteiger partial charge in [0.1, 0.15) is 24.6 Å². The summed E-state index contributed by atoms with van der Waals surface area (Å²) in [7, 11) is 0. The van der Waals surface area contributed by atoms with E-state index >= 15 is 0 Å². The van der Waals surface area contributed by atoms with Gasteiger partial charge < -0.3 is 20.3 Å². The topological polar surface area (TPSA) is 113 Å². The van der Waals surface area contributed by atoms with E-state index < -0.39 is 28.5 Å². The molecule has 1 aliphatic heterocycles. The first kappa shape index (κ1) is 30.5. The van der Waals surface area contributed by atoms with E-state index in [9.17, 15) is 24.6 Å². The summed E-state index contributed by atoms with van der Waals surface area (Å²) >= 11 is 0. The molecule has 0 radical (unpaired) electrons. The third-order valence-electron chi connectivity index (χ3n) is 8.27. The van der Waals surface area contributed by atoms with Crippen LogP contribution in [0.4, 0.5) is 9.59 Å². The van der Waals surface area contributed by atoms with Crippen molar-refractivity contribution in [1.82, 2.24) is 5.32 Å². The third-order valence-corrected chi connectivity index (χ3v) is 8.27. The lowest BCUT2D eigenvalue weighted by Gasteiger charge is -2.34. The standard InChI is InChI=1S/C36H36N2O6/c1-36(2,3)29-14-17-30(18-15-29)44-31-16-13-26-19-20-38(35(42)43,23-28(26)21-31)34(41)37-22-32(33(39)40)27-11-9-25(10-12-27)24-7-5-4-6-8-24/h4-18,21,32H,19-20,22-23H2,1-3H3,(H2-,37,39,40,41,42,43)/p+1. The van der Waals surface area contributed by atoms with E-state index in [2.05, 4.69) is 26.1 Å². The second kappa shape index (κ2) is 12.3. The summed E-state index contributed by atoms with van der Waals surface area (Å²) in [6, 6.07) is 29.5. The molecule has 0 saturated heterocycles. The number of ether oxygens (including phenoxy) is 1. The molecule has 0 bridgehead atoms. The second-order valence-corrected chi connectivity index (χ2v) is 12.3. The van der Waals surface area contributed by atoms with Crippen molar-refractivity contribution in [2.75, 3.05) is 13.1 Å². The molecule has 44 heavy (non-hydrogen) atoms. The highest BCUT2D eigenvalue weighted by atomic mass is 16.5. The van der Waals surface area contributed by atoms with Gasteiger partial charge in [-0.3, -0.25) is 4.79 Å². The second-order valence-electron chi connectivity index (χ2n) is 12.3. The van der Waals surface area contributed by atoms with E-state index in [1.165, 1.54) is 5.56 Å². The number of hydrogen-bond donors (Lipinski definition) is 3. The maximum atomic E-state index is 13.5. The molecule has 4 aromatic carbocycles. The summed E-state index contributed by atoms with van der Waals surface area (Å²) in [5, 5.41) is 22.9. The molecule has 2 unspecified atom stereocenters. The van der Waals surface area contributed by atoms with Crippen LogP contribution in [0.1, 0.15) is 48.9 Å². The van der Waals surface area contributed by atoms with Crippen LogP contribution in [0.3, 0.4) is 0 Å². The molecule has 0 saturated carbocycles. The highest BCUT2D eigenvalue weighted by Crippen LogP contribution is 2.32. The van der Waals surface area contributed by atoms with Gasteiger partial charge in [0, 0.05) is 18.5 Å². The Bertz CT molecular complexity index is 1660. The lowest BCUT2D eigenvalue weighted by Crippen LogP contribution is -2.62. The predicted octanol–water partition coefficient (Wildman–Crippen LogP) is 7.57. The number of urea groups is 1. The average molecular weight is 594 g/mol. The molecule has 5 rings (SSSR count). The maximum Gasteiger partial charge on any atom is 0.523 e. The number of quaternary nitrogens is 1. The fourth-order valence-electron chi connectivity index (χ4n) is 5.55. The number of rotatable bonds is 7. The Labute approximate surface area is 257 Å². The van der Waals surface area contributed by atoms with E-state index in [1.807, 2.05) is 78.9 Å². The van der Waals surface area contributed by atoms with Gasteiger partial charge in [-0.25, -0.2) is 4.79 Å². The third kappa shape index (κ3) is 6.50. The number of carboxylic acid groups (broad SMARTS) is 2. The smallest absolute Gasteiger partial charge is 0.481 e. The molecule has 8 nitrogen and oxygen atoms in total. The lowest BCUT2D eigenvalue weighted by molar-refractivity contribution is -0.793. The molecule has 1 heterocycles. The monoisotopic (exact) mass is 593 g/mol. The molecule has 0 aromatic heterocycles. The summed E-state index contributed by atoms with van der Waals surface area (Å²) in [6.45, 7) is 6.14. The van der Waals surface area contributed by atoms with Crippen molar-refractivity contribution in [1.29, 1.82) is 0 Å². The van der Waals surface area contributed by atoms with E-state index in [1.54, 1.807) is 18.2 Å². The molecule has 0 spiro atoms. The summed E-state index contributed by atoms with van der Waals surface area (Å²) in [5.41, 5.74) is 5.30. The fraction of sp³-hybridized carbons (Fsp3) is 0.250. The van der Waals surface area contributed by atoms with Crippen molar-refractivity contribution >= 4 is 18.1 Å². The minimum absolute atomic E-state index is 0.0144. The van der Waals surface area contributed by atoms with Crippen LogP contribution in [0.2, 0.25) is 0 Å². The fourth-order valence-corrected chi connectivity index (χ4v) is 5.55. The molecule has 2 atom stereocenters. The molecule has 0 aliphatic carbocycles. The molecule has 3 N–H and O–H groups in total. The van der Waals surface area contributed by atoms with Crippen LogP contribution < -0.4 is 10.1 Å². The van der Waals surface area contributed by atoms with Crippen molar-refractivity contribution in [3.8, 4) is 22.6 Å². The van der Waals surface area contributed by atoms with Gasteiger partial charge in [-0.1, -0.05) is 93.6 Å². The molecule has 4 aromatic rings. The van der Waals surface area contributed by atoms with Crippen molar-refractivity contribution in [2.24, 2.45) is 0 Å². The van der Waals surface area contributed by atoms with Gasteiger partial charge in [-0.15, -0.1) is 4.48 Å². The molecule has 226 valence electrons. The maximum absolute atomic E-state index is 13.5. The highest BCUT2D eigenvalue weighted by molar-refractivity contribution is 5.81. The Morgan fingerprint density at radius 2 is 1.45 bits per heavy atom. The number of aliphatic carboxylic acids is 1. The van der Waals surface area contributed by atoms with Crippen molar-refractivity contribution in [3.05, 3.63) is 119 Å². The van der Waals surface area contributed by atoms with Gasteiger partial charge >= 0.3 is 18.1 Å². The minimum Gasteiger partial charge on any atom is -0.481 e. The van der Waals surface area contributed by atoms with E-state index in [4.69, 9.17) is 4.74 Å². The van der Waals surface area contributed by atoms with Gasteiger partial charge in [0.15, 0.2) is 0 Å². The Hall–Kier alpha value is -4.95. The first-order chi connectivity index (χ1) is 21.0. The van der Waals surface area contributed by atoms with Crippen LogP contribution in [0, 0.1) is 0 Å². The summed E-state index contributed by atoms with van der Waals surface area (Å²) in [6.07, 6.45) is -0.921. The van der Waals surface area contributed by atoms with Gasteiger partial charge in [-0.05, 0) is 57.5 Å². The van der Waals surface area contributed by atoms with E-state index in [-0.39, 0.29) is 25.0 Å². The summed E-state index contributed by atoms with van der Waals surface area (Å²) in [4.78, 5) is 38.3. The van der Waals surface area contributed by atoms with Crippen LogP contribution in [-0.2, 0) is 23.2 Å². The predicted molar refractivity (Wildman–Crippen MR) is 168 cm³/mol. The lowest BCUT2D eigenvalue weighted by atomic mass is 9.87. The summed E-state index contributed by atoms with van der Waals surface area (Å²) in [5.74, 6) is -0.953. The number of amides is 3. The Morgan fingerprint density at radius 1 is 0.818 bits per heavy atom. The van der Waals surface area contributed by atoms with Crippen LogP contribution in [0.15, 0.2) is 97.1 Å². The van der Waals surface area contributed by atoms with Crippen molar-refractivity contribution < 1.29 is 33.8 Å². The number of carboxylic acids is 1. The number of benzene rings is 4. The molecule has 3 amide bonds. The van der Waals surface area contributed by atoms with Gasteiger partial charge in [0.2, 0.25) is 0 Å². The number of imide groups is 1. The van der Waals surface area contributed by atoms with Gasteiger partial charge in [0.05, 0.1) is 5.92 Å². The number of nitrogens with one attached hydrogen (secondary N) is 1. The minimum atomic E-state index is -1.30. The van der Waals surface area contributed by atoms with Crippen LogP contribution in [0.25, 0.3) is 11.1 Å². The zero-order valence-corrected chi connectivity index (χ0v) is 25.1. The van der Waals surface area contributed by atoms with Crippen LogP contribution in [0.5, 0.6) is 11.5 Å². The largest absolute Gasteiger partial charge is 0.523 e. The van der Waals surface area contributed by atoms with Crippen molar-refractivity contribution in [2.45, 2.75) is 45.1 Å². The molecular formula is C36H37N2O6+. The SMILES string of the molecule is CC(C)(C)c1ccc(Oc2ccc3c(c2)C[N+](C(=O)O)(C(=O)NCC(C(=O)O)c2ccc(-c4ccccc4)cc2)CC3)cc1. The first-order valence-electron chi connectivity index (χ1n) is 14.6. The molecule has 0 fully saturated rings. The average Bonchev–Trinajstić information content (AvgIpc) is 3.01. The number of nitrogens with zero attached hydrogens (tertiary/aromatic N) is 1. The summed E-state index contributed by atoms with van der Waals surface area (Å²) < 4.78 is 5.19. The Morgan fingerprint density at radius 3 is 2.07 bits per heavy atom. The highest BCUT2D eigenvalue weighted by Gasteiger charge is 2.48. The number of hydrogen-bond acceptors (Lipinski definition) is 4. The normalized spacial score (nSPS) is 16.8. The molecule has 1 aliphatic rings. The molecule has 8 heteroatoms. The van der Waals surface area contributed by atoms with Gasteiger partial charge in [-0.2, -0.15) is 4.79 Å². The zero-order valence-electron chi connectivity index (χ0n) is 25.1. The zero-order chi connectivity index (χ0) is 31.5. The van der Waals surface area contributed by atoms with Crippen LogP contribution >= 0.6 is 0 Å². The first-order valence-corrected chi connectivity index (χ1v) is 14.6. The molecular weight excluding hydrogens is 556 g/mol.